The summed E-state index contributed by atoms with van der Waals surface area (Å²) in [5.74, 6) is -0.923. The molecule has 0 heterocycles. The van der Waals surface area contributed by atoms with Gasteiger partial charge in [0.1, 0.15) is 0 Å². The molecule has 0 bridgehead atoms. The third kappa shape index (κ3) is 2.90. The van der Waals surface area contributed by atoms with E-state index in [0.717, 1.165) is 10.2 Å². The molecule has 2 atom stereocenters. The van der Waals surface area contributed by atoms with Crippen LogP contribution < -0.4 is 5.32 Å². The first-order valence-electron chi connectivity index (χ1n) is 5.85. The summed E-state index contributed by atoms with van der Waals surface area (Å²) in [6.45, 7) is 2.12. The molecule has 2 unspecified atom stereocenters. The monoisotopic (exact) mass is 311 g/mol. The van der Waals surface area contributed by atoms with Gasteiger partial charge in [0.15, 0.2) is 0 Å². The Morgan fingerprint density at radius 3 is 2.78 bits per heavy atom. The van der Waals surface area contributed by atoms with Gasteiger partial charge in [-0.25, -0.2) is 0 Å². The topological polar surface area (TPSA) is 55.4 Å². The number of esters is 1. The molecule has 1 N–H and O–H groups in total. The first-order chi connectivity index (χ1) is 8.63. The molecule has 1 amide bonds. The predicted molar refractivity (Wildman–Crippen MR) is 71.0 cm³/mol. The predicted octanol–water partition coefficient (Wildman–Crippen LogP) is 2.59. The van der Waals surface area contributed by atoms with Crippen LogP contribution >= 0.6 is 15.9 Å². The zero-order valence-corrected chi connectivity index (χ0v) is 11.6. The van der Waals surface area contributed by atoms with Crippen LogP contribution in [-0.2, 0) is 14.3 Å². The van der Waals surface area contributed by atoms with E-state index in [2.05, 4.69) is 21.2 Å². The summed E-state index contributed by atoms with van der Waals surface area (Å²) in [5, 5.41) is 2.81. The quantitative estimate of drug-likeness (QED) is 0.870. The molecule has 18 heavy (non-hydrogen) atoms. The lowest BCUT2D eigenvalue weighted by atomic mass is 10.2. The van der Waals surface area contributed by atoms with Crippen molar-refractivity contribution in [3.05, 3.63) is 28.7 Å². The van der Waals surface area contributed by atoms with E-state index in [4.69, 9.17) is 4.74 Å². The van der Waals surface area contributed by atoms with Gasteiger partial charge in [-0.15, -0.1) is 0 Å². The van der Waals surface area contributed by atoms with Crippen LogP contribution in [0.1, 0.15) is 13.3 Å². The molecule has 0 radical (unpaired) electrons. The Labute approximate surface area is 114 Å². The molecule has 1 saturated carbocycles. The molecule has 0 saturated heterocycles. The van der Waals surface area contributed by atoms with Crippen molar-refractivity contribution in [3.63, 3.8) is 0 Å². The van der Waals surface area contributed by atoms with Gasteiger partial charge in [0.25, 0.3) is 0 Å². The van der Waals surface area contributed by atoms with Gasteiger partial charge in [-0.1, -0.05) is 12.1 Å². The highest BCUT2D eigenvalue weighted by Crippen LogP contribution is 2.40. The molecule has 1 aliphatic rings. The van der Waals surface area contributed by atoms with Gasteiger partial charge in [-0.05, 0) is 41.4 Å². The molecular formula is C13H14BrNO3. The Kier molecular flexibility index (Phi) is 4.01. The first kappa shape index (κ1) is 13.1. The smallest absolute Gasteiger partial charge is 0.309 e. The van der Waals surface area contributed by atoms with Crippen molar-refractivity contribution in [2.45, 2.75) is 13.3 Å². The van der Waals surface area contributed by atoms with E-state index < -0.39 is 0 Å². The Bertz CT molecular complexity index is 475. The molecule has 2 rings (SSSR count). The van der Waals surface area contributed by atoms with E-state index in [1.807, 2.05) is 24.3 Å². The number of amides is 1. The van der Waals surface area contributed by atoms with Crippen LogP contribution in [0.25, 0.3) is 0 Å². The van der Waals surface area contributed by atoms with Crippen molar-refractivity contribution in [1.29, 1.82) is 0 Å². The van der Waals surface area contributed by atoms with Crippen LogP contribution in [0, 0.1) is 11.8 Å². The highest BCUT2D eigenvalue weighted by atomic mass is 79.9. The summed E-state index contributed by atoms with van der Waals surface area (Å²) in [4.78, 5) is 23.3. The van der Waals surface area contributed by atoms with E-state index in [-0.39, 0.29) is 23.7 Å². The number of ether oxygens (including phenoxy) is 1. The minimum Gasteiger partial charge on any atom is -0.466 e. The lowest BCUT2D eigenvalue weighted by Gasteiger charge is -2.06. The number of hydrogen-bond acceptors (Lipinski definition) is 3. The first-order valence-corrected chi connectivity index (χ1v) is 6.64. The summed E-state index contributed by atoms with van der Waals surface area (Å²) in [6, 6.07) is 7.38. The van der Waals surface area contributed by atoms with Crippen LogP contribution in [0.2, 0.25) is 0 Å². The molecule has 1 aromatic rings. The largest absolute Gasteiger partial charge is 0.466 e. The van der Waals surface area contributed by atoms with Gasteiger partial charge < -0.3 is 10.1 Å². The highest BCUT2D eigenvalue weighted by Gasteiger charge is 2.49. The standard InChI is InChI=1S/C13H14BrNO3/c1-2-18-13(17)9-7-8(9)12(16)15-11-6-4-3-5-10(11)14/h3-6,8-9H,2,7H2,1H3,(H,15,16). The maximum absolute atomic E-state index is 11.9. The molecule has 4 nitrogen and oxygen atoms in total. The average molecular weight is 312 g/mol. The Balaban J connectivity index is 1.91. The lowest BCUT2D eigenvalue weighted by molar-refractivity contribution is -0.145. The van der Waals surface area contributed by atoms with Crippen LogP contribution in [0.5, 0.6) is 0 Å². The second-order valence-electron chi connectivity index (χ2n) is 4.17. The number of carbonyl (C=O) groups is 2. The molecule has 96 valence electrons. The summed E-state index contributed by atoms with van der Waals surface area (Å²) >= 11 is 3.36. The fraction of sp³-hybridized carbons (Fsp3) is 0.385. The summed E-state index contributed by atoms with van der Waals surface area (Å²) in [7, 11) is 0. The van der Waals surface area contributed by atoms with Crippen molar-refractivity contribution in [2.24, 2.45) is 11.8 Å². The van der Waals surface area contributed by atoms with E-state index in [1.165, 1.54) is 0 Å². The van der Waals surface area contributed by atoms with Crippen LogP contribution in [-0.4, -0.2) is 18.5 Å². The van der Waals surface area contributed by atoms with Gasteiger partial charge in [-0.2, -0.15) is 0 Å². The Morgan fingerprint density at radius 2 is 2.11 bits per heavy atom. The average Bonchev–Trinajstić information content (AvgIpc) is 3.12. The number of nitrogens with one attached hydrogen (secondary N) is 1. The van der Waals surface area contributed by atoms with Gasteiger partial charge in [0.2, 0.25) is 5.91 Å². The molecular weight excluding hydrogens is 298 g/mol. The number of hydrogen-bond donors (Lipinski definition) is 1. The van der Waals surface area contributed by atoms with E-state index in [0.29, 0.717) is 13.0 Å². The normalized spacial score (nSPS) is 21.2. The number of carbonyl (C=O) groups excluding carboxylic acids is 2. The number of para-hydroxylation sites is 1. The molecule has 0 aromatic heterocycles. The van der Waals surface area contributed by atoms with Crippen LogP contribution in [0.15, 0.2) is 28.7 Å². The molecule has 5 heteroatoms. The third-order valence-corrected chi connectivity index (χ3v) is 3.54. The molecule has 1 aliphatic carbocycles. The van der Waals surface area contributed by atoms with Crippen molar-refractivity contribution in [1.82, 2.24) is 0 Å². The lowest BCUT2D eigenvalue weighted by Crippen LogP contribution is -2.18. The maximum Gasteiger partial charge on any atom is 0.309 e. The molecule has 1 fully saturated rings. The maximum atomic E-state index is 11.9. The van der Waals surface area contributed by atoms with Gasteiger partial charge >= 0.3 is 5.97 Å². The highest BCUT2D eigenvalue weighted by molar-refractivity contribution is 9.10. The van der Waals surface area contributed by atoms with E-state index in [9.17, 15) is 9.59 Å². The summed E-state index contributed by atoms with van der Waals surface area (Å²) < 4.78 is 5.72. The number of anilines is 1. The minimum absolute atomic E-state index is 0.125. The van der Waals surface area contributed by atoms with E-state index in [1.54, 1.807) is 6.92 Å². The van der Waals surface area contributed by atoms with Crippen molar-refractivity contribution < 1.29 is 14.3 Å². The van der Waals surface area contributed by atoms with Gasteiger partial charge in [0, 0.05) is 4.47 Å². The zero-order chi connectivity index (χ0) is 13.1. The van der Waals surface area contributed by atoms with E-state index >= 15 is 0 Å². The zero-order valence-electron chi connectivity index (χ0n) is 9.98. The second kappa shape index (κ2) is 5.52. The Hall–Kier alpha value is -1.36. The molecule has 0 aliphatic heterocycles. The van der Waals surface area contributed by atoms with Crippen molar-refractivity contribution in [2.75, 3.05) is 11.9 Å². The summed E-state index contributed by atoms with van der Waals surface area (Å²) in [5.41, 5.74) is 0.719. The SMILES string of the molecule is CCOC(=O)C1CC1C(=O)Nc1ccccc1Br. The van der Waals surface area contributed by atoms with Gasteiger partial charge in [-0.3, -0.25) is 9.59 Å². The van der Waals surface area contributed by atoms with Crippen LogP contribution in [0.4, 0.5) is 5.69 Å². The third-order valence-electron chi connectivity index (χ3n) is 2.85. The van der Waals surface area contributed by atoms with Crippen LogP contribution in [0.3, 0.4) is 0 Å². The minimum atomic E-state index is -0.273. The number of halogens is 1. The molecule has 0 spiro atoms. The number of rotatable bonds is 4. The van der Waals surface area contributed by atoms with Gasteiger partial charge in [0.05, 0.1) is 24.1 Å². The fourth-order valence-corrected chi connectivity index (χ4v) is 2.17. The van der Waals surface area contributed by atoms with Crippen molar-refractivity contribution >= 4 is 33.5 Å². The fourth-order valence-electron chi connectivity index (χ4n) is 1.78. The summed E-state index contributed by atoms with van der Waals surface area (Å²) in [6.07, 6.45) is 0.578. The molecule has 1 aromatic carbocycles. The Morgan fingerprint density at radius 1 is 1.39 bits per heavy atom. The number of benzene rings is 1. The second-order valence-corrected chi connectivity index (χ2v) is 5.02. The van der Waals surface area contributed by atoms with Crippen molar-refractivity contribution in [3.8, 4) is 0 Å².